The number of benzene rings is 2. The Bertz CT molecular complexity index is 776. The number of allylic oxidation sites excluding steroid dienone is 2. The van der Waals surface area contributed by atoms with Crippen molar-refractivity contribution in [3.8, 4) is 0 Å². The molecule has 0 atom stereocenters. The number of hydrogen-bond donors (Lipinski definition) is 0. The molecular weight excluding hydrogens is 342 g/mol. The van der Waals surface area contributed by atoms with Gasteiger partial charge in [0.25, 0.3) is 0 Å². The van der Waals surface area contributed by atoms with Crippen LogP contribution < -0.4 is 0 Å². The summed E-state index contributed by atoms with van der Waals surface area (Å²) in [6.45, 7) is 3.39. The minimum atomic E-state index is 0. The normalized spacial score (nSPS) is 19.4. The molecule has 0 saturated carbocycles. The van der Waals surface area contributed by atoms with Gasteiger partial charge in [0.1, 0.15) is 0 Å². The SMILES string of the molecule is Cl.O=C1/C(=C\CC2CCN(Cc3ccccc3)CC2)Cc2ccccc21. The summed E-state index contributed by atoms with van der Waals surface area (Å²) in [6, 6.07) is 18.7. The molecule has 1 heterocycles. The fourth-order valence-corrected chi connectivity index (χ4v) is 4.05. The summed E-state index contributed by atoms with van der Waals surface area (Å²) >= 11 is 0. The second-order valence-electron chi connectivity index (χ2n) is 7.33. The molecule has 2 nitrogen and oxygen atoms in total. The molecule has 0 aromatic heterocycles. The van der Waals surface area contributed by atoms with E-state index in [2.05, 4.69) is 47.4 Å². The number of fused-ring (bicyclic) bond motifs is 1. The summed E-state index contributed by atoms with van der Waals surface area (Å²) in [6.07, 6.45) is 6.56. The minimum Gasteiger partial charge on any atom is -0.299 e. The maximum Gasteiger partial charge on any atom is 0.189 e. The van der Waals surface area contributed by atoms with E-state index in [0.717, 1.165) is 49.5 Å². The van der Waals surface area contributed by atoms with E-state index in [-0.39, 0.29) is 18.2 Å². The summed E-state index contributed by atoms with van der Waals surface area (Å²) in [4.78, 5) is 15.0. The van der Waals surface area contributed by atoms with Gasteiger partial charge < -0.3 is 0 Å². The first kappa shape index (κ1) is 18.9. The van der Waals surface area contributed by atoms with Crippen molar-refractivity contribution in [2.45, 2.75) is 32.2 Å². The number of nitrogens with zero attached hydrogens (tertiary/aromatic N) is 1. The van der Waals surface area contributed by atoms with Gasteiger partial charge in [0.05, 0.1) is 0 Å². The van der Waals surface area contributed by atoms with Crippen LogP contribution in [0.3, 0.4) is 0 Å². The molecule has 0 bridgehead atoms. The average Bonchev–Trinajstić information content (AvgIpc) is 2.98. The molecule has 0 N–H and O–H groups in total. The topological polar surface area (TPSA) is 20.3 Å². The number of carbonyl (C=O) groups excluding carboxylic acids is 1. The van der Waals surface area contributed by atoms with E-state index < -0.39 is 0 Å². The highest BCUT2D eigenvalue weighted by Gasteiger charge is 2.25. The van der Waals surface area contributed by atoms with E-state index >= 15 is 0 Å². The molecule has 1 fully saturated rings. The largest absolute Gasteiger partial charge is 0.299 e. The average molecular weight is 368 g/mol. The molecule has 0 unspecified atom stereocenters. The second kappa shape index (κ2) is 8.66. The molecule has 0 spiro atoms. The lowest BCUT2D eigenvalue weighted by molar-refractivity contribution is 0.103. The van der Waals surface area contributed by atoms with Crippen molar-refractivity contribution < 1.29 is 4.79 Å². The van der Waals surface area contributed by atoms with Gasteiger partial charge >= 0.3 is 0 Å². The fraction of sp³-hybridized carbons (Fsp3) is 0.348. The van der Waals surface area contributed by atoms with Gasteiger partial charge in [0.15, 0.2) is 5.78 Å². The van der Waals surface area contributed by atoms with Crippen LogP contribution in [-0.4, -0.2) is 23.8 Å². The highest BCUT2D eigenvalue weighted by Crippen LogP contribution is 2.28. The molecule has 1 saturated heterocycles. The molecule has 26 heavy (non-hydrogen) atoms. The standard InChI is InChI=1S/C23H25NO.ClH/c25-23-21(16-20-8-4-5-9-22(20)23)11-10-18-12-14-24(15-13-18)17-19-6-2-1-3-7-19;/h1-9,11,18H,10,12-17H2;1H/b21-11-;. The fourth-order valence-electron chi connectivity index (χ4n) is 4.05. The van der Waals surface area contributed by atoms with Crippen LogP contribution in [0.2, 0.25) is 0 Å². The van der Waals surface area contributed by atoms with Crippen LogP contribution in [0.4, 0.5) is 0 Å². The van der Waals surface area contributed by atoms with Gasteiger partial charge in [-0.05, 0) is 49.4 Å². The minimum absolute atomic E-state index is 0. The monoisotopic (exact) mass is 367 g/mol. The van der Waals surface area contributed by atoms with Crippen LogP contribution >= 0.6 is 12.4 Å². The zero-order valence-corrected chi connectivity index (χ0v) is 15.9. The first-order valence-electron chi connectivity index (χ1n) is 9.37. The molecule has 2 aliphatic rings. The quantitative estimate of drug-likeness (QED) is 0.702. The Balaban J connectivity index is 0.00000196. The maximum atomic E-state index is 12.4. The number of ketones is 1. The van der Waals surface area contributed by atoms with Gasteiger partial charge in [-0.15, -0.1) is 12.4 Å². The number of carbonyl (C=O) groups is 1. The second-order valence-corrected chi connectivity index (χ2v) is 7.33. The Hall–Kier alpha value is -1.90. The Morgan fingerprint density at radius 2 is 1.65 bits per heavy atom. The third-order valence-corrected chi connectivity index (χ3v) is 5.59. The first-order valence-corrected chi connectivity index (χ1v) is 9.37. The molecule has 1 aliphatic carbocycles. The molecular formula is C23H26ClNO. The van der Waals surface area contributed by atoms with Gasteiger partial charge in [0, 0.05) is 24.1 Å². The summed E-state index contributed by atoms with van der Waals surface area (Å²) in [5.41, 5.74) is 4.51. The van der Waals surface area contributed by atoms with Crippen LogP contribution in [0, 0.1) is 5.92 Å². The molecule has 1 aliphatic heterocycles. The van der Waals surface area contributed by atoms with E-state index in [9.17, 15) is 4.79 Å². The van der Waals surface area contributed by atoms with Crippen molar-refractivity contribution in [2.75, 3.05) is 13.1 Å². The van der Waals surface area contributed by atoms with Crippen molar-refractivity contribution in [1.29, 1.82) is 0 Å². The van der Waals surface area contributed by atoms with Gasteiger partial charge in [-0.25, -0.2) is 0 Å². The summed E-state index contributed by atoms with van der Waals surface area (Å²) in [5.74, 6) is 0.966. The van der Waals surface area contributed by atoms with Gasteiger partial charge in [0.2, 0.25) is 0 Å². The van der Waals surface area contributed by atoms with Gasteiger partial charge in [-0.2, -0.15) is 0 Å². The van der Waals surface area contributed by atoms with E-state index in [1.807, 2.05) is 18.2 Å². The van der Waals surface area contributed by atoms with Crippen LogP contribution in [0.15, 0.2) is 66.2 Å². The van der Waals surface area contributed by atoms with E-state index in [4.69, 9.17) is 0 Å². The Labute approximate surface area is 162 Å². The van der Waals surface area contributed by atoms with Crippen molar-refractivity contribution in [3.05, 3.63) is 82.9 Å². The molecule has 136 valence electrons. The van der Waals surface area contributed by atoms with Crippen molar-refractivity contribution >= 4 is 18.2 Å². The summed E-state index contributed by atoms with van der Waals surface area (Å²) < 4.78 is 0. The molecule has 2 aromatic rings. The highest BCUT2D eigenvalue weighted by molar-refractivity contribution is 6.13. The Kier molecular flexibility index (Phi) is 6.29. The Morgan fingerprint density at radius 3 is 2.38 bits per heavy atom. The van der Waals surface area contributed by atoms with Crippen LogP contribution in [-0.2, 0) is 13.0 Å². The van der Waals surface area contributed by atoms with Crippen LogP contribution in [0.5, 0.6) is 0 Å². The Morgan fingerprint density at radius 1 is 0.962 bits per heavy atom. The molecule has 2 aromatic carbocycles. The smallest absolute Gasteiger partial charge is 0.189 e. The third-order valence-electron chi connectivity index (χ3n) is 5.59. The molecule has 0 radical (unpaired) electrons. The number of likely N-dealkylation sites (tertiary alicyclic amines) is 1. The van der Waals surface area contributed by atoms with Gasteiger partial charge in [-0.1, -0.05) is 60.7 Å². The number of halogens is 1. The van der Waals surface area contributed by atoms with Crippen LogP contribution in [0.1, 0.15) is 40.7 Å². The van der Waals surface area contributed by atoms with E-state index in [0.29, 0.717) is 0 Å². The van der Waals surface area contributed by atoms with E-state index in [1.165, 1.54) is 24.0 Å². The molecule has 0 amide bonds. The predicted octanol–water partition coefficient (Wildman–Crippen LogP) is 5.08. The number of piperidine rings is 1. The summed E-state index contributed by atoms with van der Waals surface area (Å²) in [7, 11) is 0. The molecule has 4 rings (SSSR count). The molecule has 3 heteroatoms. The lowest BCUT2D eigenvalue weighted by Crippen LogP contribution is -2.33. The van der Waals surface area contributed by atoms with Crippen molar-refractivity contribution in [1.82, 2.24) is 4.90 Å². The van der Waals surface area contributed by atoms with Crippen molar-refractivity contribution in [2.24, 2.45) is 5.92 Å². The highest BCUT2D eigenvalue weighted by atomic mass is 35.5. The van der Waals surface area contributed by atoms with E-state index in [1.54, 1.807) is 0 Å². The lowest BCUT2D eigenvalue weighted by atomic mass is 9.92. The maximum absolute atomic E-state index is 12.4. The van der Waals surface area contributed by atoms with Gasteiger partial charge in [-0.3, -0.25) is 9.69 Å². The third kappa shape index (κ3) is 4.25. The zero-order valence-electron chi connectivity index (χ0n) is 15.1. The first-order chi connectivity index (χ1) is 12.3. The lowest BCUT2D eigenvalue weighted by Gasteiger charge is -2.31. The zero-order chi connectivity index (χ0) is 17.1. The summed E-state index contributed by atoms with van der Waals surface area (Å²) in [5, 5.41) is 0. The van der Waals surface area contributed by atoms with Crippen LogP contribution in [0.25, 0.3) is 0 Å². The number of Topliss-reactive ketones (excluding diaryl/α,β-unsaturated/α-hetero) is 1. The van der Waals surface area contributed by atoms with Crippen molar-refractivity contribution in [3.63, 3.8) is 0 Å². The number of rotatable bonds is 4. The predicted molar refractivity (Wildman–Crippen MR) is 109 cm³/mol. The number of hydrogen-bond acceptors (Lipinski definition) is 2.